The monoisotopic (exact) mass is 340 g/mol. The number of carbonyl (C=O) groups excluding carboxylic acids is 1. The molecule has 1 aliphatic carbocycles. The number of guanidine groups is 1. The summed E-state index contributed by atoms with van der Waals surface area (Å²) < 4.78 is 5.56. The van der Waals surface area contributed by atoms with Crippen LogP contribution in [0.4, 0.5) is 0 Å². The molecule has 0 aromatic carbocycles. The van der Waals surface area contributed by atoms with Crippen molar-refractivity contribution in [2.45, 2.75) is 59.3 Å². The van der Waals surface area contributed by atoms with Crippen molar-refractivity contribution in [3.63, 3.8) is 0 Å². The topological polar surface area (TPSA) is 74.8 Å². The lowest BCUT2D eigenvalue weighted by Gasteiger charge is -2.30. The van der Waals surface area contributed by atoms with Crippen LogP contribution in [0.5, 0.6) is 0 Å². The molecule has 1 amide bonds. The molecule has 0 spiro atoms. The van der Waals surface area contributed by atoms with Gasteiger partial charge in [-0.15, -0.1) is 0 Å². The molecule has 1 fully saturated rings. The quantitative estimate of drug-likeness (QED) is 0.306. The fourth-order valence-corrected chi connectivity index (χ4v) is 3.16. The van der Waals surface area contributed by atoms with Gasteiger partial charge in [-0.2, -0.15) is 0 Å². The summed E-state index contributed by atoms with van der Waals surface area (Å²) in [4.78, 5) is 16.1. The van der Waals surface area contributed by atoms with Gasteiger partial charge in [0.15, 0.2) is 5.96 Å². The molecule has 6 nitrogen and oxygen atoms in total. The van der Waals surface area contributed by atoms with Crippen LogP contribution < -0.4 is 16.0 Å². The fourth-order valence-electron chi connectivity index (χ4n) is 3.16. The van der Waals surface area contributed by atoms with Gasteiger partial charge < -0.3 is 20.7 Å². The molecule has 0 saturated heterocycles. The highest BCUT2D eigenvalue weighted by Crippen LogP contribution is 2.40. The van der Waals surface area contributed by atoms with Crippen LogP contribution >= 0.6 is 0 Å². The smallest absolute Gasteiger partial charge is 0.241 e. The lowest BCUT2D eigenvalue weighted by molar-refractivity contribution is -0.119. The number of ether oxygens (including phenoxy) is 1. The molecule has 0 unspecified atom stereocenters. The average Bonchev–Trinajstić information content (AvgIpc) is 3.05. The maximum atomic E-state index is 11.7. The Balaban J connectivity index is 2.51. The summed E-state index contributed by atoms with van der Waals surface area (Å²) in [6, 6.07) is 0. The van der Waals surface area contributed by atoms with Crippen LogP contribution in [-0.2, 0) is 9.53 Å². The van der Waals surface area contributed by atoms with Crippen LogP contribution in [0.3, 0.4) is 0 Å². The largest absolute Gasteiger partial charge is 0.382 e. The minimum absolute atomic E-state index is 0.0269. The van der Waals surface area contributed by atoms with Crippen molar-refractivity contribution in [1.29, 1.82) is 0 Å². The minimum Gasteiger partial charge on any atom is -0.382 e. The number of amides is 1. The van der Waals surface area contributed by atoms with E-state index in [0.717, 1.165) is 45.1 Å². The first-order valence-corrected chi connectivity index (χ1v) is 9.52. The summed E-state index contributed by atoms with van der Waals surface area (Å²) in [7, 11) is 0. The Morgan fingerprint density at radius 3 is 2.50 bits per heavy atom. The Morgan fingerprint density at radius 1 is 1.12 bits per heavy atom. The summed E-state index contributed by atoms with van der Waals surface area (Å²) in [5, 5.41) is 9.53. The first-order chi connectivity index (χ1) is 11.7. The van der Waals surface area contributed by atoms with Crippen molar-refractivity contribution in [3.8, 4) is 0 Å². The zero-order valence-corrected chi connectivity index (χ0v) is 15.7. The highest BCUT2D eigenvalue weighted by molar-refractivity contribution is 5.84. The molecule has 0 aliphatic heterocycles. The molecule has 1 saturated carbocycles. The van der Waals surface area contributed by atoms with Gasteiger partial charge in [-0.05, 0) is 44.9 Å². The number of aliphatic imine (C=N–C) groups is 1. The van der Waals surface area contributed by atoms with E-state index in [2.05, 4.69) is 20.9 Å². The van der Waals surface area contributed by atoms with Crippen LogP contribution in [0.2, 0.25) is 0 Å². The molecular formula is C18H36N4O2. The van der Waals surface area contributed by atoms with Crippen molar-refractivity contribution < 1.29 is 9.53 Å². The van der Waals surface area contributed by atoms with Crippen LogP contribution in [0, 0.1) is 5.41 Å². The normalized spacial score (nSPS) is 16.9. The van der Waals surface area contributed by atoms with Gasteiger partial charge in [-0.3, -0.25) is 4.79 Å². The average molecular weight is 341 g/mol. The molecule has 6 heteroatoms. The zero-order chi connectivity index (χ0) is 17.7. The molecule has 0 radical (unpaired) electrons. The molecule has 1 rings (SSSR count). The van der Waals surface area contributed by atoms with E-state index < -0.39 is 0 Å². The molecule has 0 bridgehead atoms. The molecule has 1 aliphatic rings. The maximum absolute atomic E-state index is 11.7. The van der Waals surface area contributed by atoms with Gasteiger partial charge >= 0.3 is 0 Å². The van der Waals surface area contributed by atoms with Crippen LogP contribution in [0.1, 0.15) is 59.3 Å². The Morgan fingerprint density at radius 2 is 1.88 bits per heavy atom. The van der Waals surface area contributed by atoms with E-state index >= 15 is 0 Å². The molecule has 140 valence electrons. The Hall–Kier alpha value is -1.30. The third-order valence-electron chi connectivity index (χ3n) is 4.57. The molecule has 0 aromatic rings. The summed E-state index contributed by atoms with van der Waals surface area (Å²) in [5.74, 6) is 0.702. The second-order valence-corrected chi connectivity index (χ2v) is 6.55. The van der Waals surface area contributed by atoms with E-state index in [4.69, 9.17) is 4.74 Å². The van der Waals surface area contributed by atoms with Gasteiger partial charge in [-0.25, -0.2) is 4.99 Å². The predicted octanol–water partition coefficient (Wildman–Crippen LogP) is 2.05. The van der Waals surface area contributed by atoms with E-state index in [9.17, 15) is 4.79 Å². The zero-order valence-electron chi connectivity index (χ0n) is 15.7. The number of hydrogen-bond acceptors (Lipinski definition) is 3. The predicted molar refractivity (Wildman–Crippen MR) is 99.3 cm³/mol. The van der Waals surface area contributed by atoms with Gasteiger partial charge in [0.2, 0.25) is 5.91 Å². The van der Waals surface area contributed by atoms with Crippen LogP contribution in [0.25, 0.3) is 0 Å². The van der Waals surface area contributed by atoms with Crippen LogP contribution in [-0.4, -0.2) is 51.3 Å². The van der Waals surface area contributed by atoms with Crippen molar-refractivity contribution in [3.05, 3.63) is 0 Å². The number of nitrogens with zero attached hydrogens (tertiary/aromatic N) is 1. The van der Waals surface area contributed by atoms with E-state index in [1.54, 1.807) is 0 Å². The van der Waals surface area contributed by atoms with Gasteiger partial charge in [0.05, 0.1) is 0 Å². The Bertz CT molecular complexity index is 379. The summed E-state index contributed by atoms with van der Waals surface area (Å²) in [6.45, 7) is 10.3. The molecule has 0 atom stereocenters. The number of hydrogen-bond donors (Lipinski definition) is 3. The number of rotatable bonds is 11. The van der Waals surface area contributed by atoms with Gasteiger partial charge in [-0.1, -0.05) is 19.8 Å². The highest BCUT2D eigenvalue weighted by Gasteiger charge is 2.33. The summed E-state index contributed by atoms with van der Waals surface area (Å²) in [5.41, 5.74) is 0.301. The van der Waals surface area contributed by atoms with Gasteiger partial charge in [0, 0.05) is 32.8 Å². The van der Waals surface area contributed by atoms with Crippen molar-refractivity contribution in [1.82, 2.24) is 16.0 Å². The lowest BCUT2D eigenvalue weighted by Crippen LogP contribution is -2.44. The van der Waals surface area contributed by atoms with Gasteiger partial charge in [0.1, 0.15) is 6.54 Å². The summed E-state index contributed by atoms with van der Waals surface area (Å²) >= 11 is 0. The Kier molecular flexibility index (Phi) is 10.5. The fraction of sp³-hybridized carbons (Fsp3) is 0.889. The van der Waals surface area contributed by atoms with Crippen molar-refractivity contribution in [2.75, 3.05) is 39.4 Å². The molecule has 24 heavy (non-hydrogen) atoms. The lowest BCUT2D eigenvalue weighted by atomic mass is 9.83. The first kappa shape index (κ1) is 20.7. The van der Waals surface area contributed by atoms with E-state index in [1.807, 2.05) is 20.8 Å². The second kappa shape index (κ2) is 12.1. The van der Waals surface area contributed by atoms with E-state index in [0.29, 0.717) is 12.0 Å². The molecular weight excluding hydrogens is 304 g/mol. The third kappa shape index (κ3) is 7.99. The molecule has 0 heterocycles. The second-order valence-electron chi connectivity index (χ2n) is 6.55. The van der Waals surface area contributed by atoms with Crippen molar-refractivity contribution >= 4 is 11.9 Å². The summed E-state index contributed by atoms with van der Waals surface area (Å²) in [6.07, 6.45) is 7.09. The number of nitrogens with one attached hydrogen (secondary N) is 3. The van der Waals surface area contributed by atoms with Crippen LogP contribution in [0.15, 0.2) is 4.99 Å². The Labute approximate surface area is 147 Å². The van der Waals surface area contributed by atoms with E-state index in [-0.39, 0.29) is 12.5 Å². The first-order valence-electron chi connectivity index (χ1n) is 9.52. The number of carbonyl (C=O) groups is 1. The third-order valence-corrected chi connectivity index (χ3v) is 4.57. The standard InChI is InChI=1S/C18H36N4O2/c1-4-12-20-16(23)14-21-17(19-5-2)22-15-18(9-7-8-10-18)11-13-24-6-3/h4-15H2,1-3H3,(H,20,23)(H2,19,21,22). The van der Waals surface area contributed by atoms with E-state index in [1.165, 1.54) is 25.7 Å². The van der Waals surface area contributed by atoms with Crippen molar-refractivity contribution in [2.24, 2.45) is 10.4 Å². The van der Waals surface area contributed by atoms with Gasteiger partial charge in [0.25, 0.3) is 0 Å². The highest BCUT2D eigenvalue weighted by atomic mass is 16.5. The maximum Gasteiger partial charge on any atom is 0.241 e. The minimum atomic E-state index is -0.0269. The molecule has 3 N–H and O–H groups in total. The SMILES string of the molecule is CCCNC(=O)CN=C(NCC)NCC1(CCOCC)CCCC1. The molecule has 0 aromatic heterocycles.